The Morgan fingerprint density at radius 3 is 2.22 bits per heavy atom. The Morgan fingerprint density at radius 1 is 1.16 bits per heavy atom. The summed E-state index contributed by atoms with van der Waals surface area (Å²) in [5.74, 6) is -1.77. The summed E-state index contributed by atoms with van der Waals surface area (Å²) >= 11 is 0.993. The van der Waals surface area contributed by atoms with Crippen molar-refractivity contribution < 1.29 is 33.8 Å². The molecule has 0 aromatic rings. The van der Waals surface area contributed by atoms with Crippen molar-refractivity contribution in [2.75, 3.05) is 12.9 Å². The molecule has 2 atom stereocenters. The topological polar surface area (TPSA) is 131 Å². The van der Waals surface area contributed by atoms with Crippen molar-refractivity contribution >= 4 is 35.5 Å². The van der Waals surface area contributed by atoms with E-state index in [9.17, 15) is 24.3 Å². The summed E-state index contributed by atoms with van der Waals surface area (Å²) in [6, 6.07) is -2.03. The van der Waals surface area contributed by atoms with Gasteiger partial charge in [0.25, 0.3) is 0 Å². The number of thioether (sulfide) groups is 1. The second-order valence-corrected chi connectivity index (χ2v) is 11.0. The maximum absolute atomic E-state index is 13.0. The minimum Gasteiger partial charge on any atom is -0.511 e. The molecule has 3 N–H and O–H groups in total. The lowest BCUT2D eigenvalue weighted by Crippen LogP contribution is -2.54. The van der Waals surface area contributed by atoms with Gasteiger partial charge in [-0.2, -0.15) is 0 Å². The summed E-state index contributed by atoms with van der Waals surface area (Å²) < 4.78 is 9.99. The number of carbonyl (C=O) groups is 4. The van der Waals surface area contributed by atoms with Crippen LogP contribution in [0.3, 0.4) is 0 Å². The highest BCUT2D eigenvalue weighted by Gasteiger charge is 2.35. The molecule has 0 aromatic heterocycles. The molecule has 0 saturated heterocycles. The lowest BCUT2D eigenvalue weighted by molar-refractivity contribution is -0.146. The fourth-order valence-corrected chi connectivity index (χ4v) is 4.15. The van der Waals surface area contributed by atoms with Gasteiger partial charge in [0.15, 0.2) is 5.78 Å². The zero-order chi connectivity index (χ0) is 24.9. The summed E-state index contributed by atoms with van der Waals surface area (Å²) in [6.07, 6.45) is -0.199. The number of hydrogen-bond acceptors (Lipinski definition) is 8. The van der Waals surface area contributed by atoms with Gasteiger partial charge in [0.05, 0.1) is 12.0 Å². The van der Waals surface area contributed by atoms with E-state index < -0.39 is 35.7 Å². The first-order chi connectivity index (χ1) is 14.6. The van der Waals surface area contributed by atoms with Crippen molar-refractivity contribution in [1.29, 1.82) is 0 Å². The van der Waals surface area contributed by atoms with E-state index in [0.717, 1.165) is 11.8 Å². The Bertz CT molecular complexity index is 769. The molecule has 1 aliphatic rings. The van der Waals surface area contributed by atoms with E-state index >= 15 is 0 Å². The molecule has 32 heavy (non-hydrogen) atoms. The van der Waals surface area contributed by atoms with Gasteiger partial charge in [0, 0.05) is 18.6 Å². The highest BCUT2D eigenvalue weighted by molar-refractivity contribution is 8.04. The lowest BCUT2D eigenvalue weighted by Gasteiger charge is -2.30. The highest BCUT2D eigenvalue weighted by Crippen LogP contribution is 2.39. The maximum Gasteiger partial charge on any atom is 0.408 e. The van der Waals surface area contributed by atoms with Gasteiger partial charge in [-0.3, -0.25) is 9.59 Å². The first-order valence-electron chi connectivity index (χ1n) is 10.5. The largest absolute Gasteiger partial charge is 0.511 e. The van der Waals surface area contributed by atoms with E-state index in [2.05, 4.69) is 10.6 Å². The molecule has 2 amide bonds. The second-order valence-electron chi connectivity index (χ2n) is 9.98. The van der Waals surface area contributed by atoms with Crippen molar-refractivity contribution in [2.24, 2.45) is 11.3 Å². The van der Waals surface area contributed by atoms with Gasteiger partial charge in [-0.05, 0) is 32.1 Å². The zero-order valence-electron chi connectivity index (χ0n) is 20.2. The SMILES string of the molecule is COC(=O)[C@@H](NC(=O)[C@H](CSC1=C(O)CC(C)(C)CC1=O)NC(=O)OC(C)(C)C)C(C)C. The predicted octanol–water partition coefficient (Wildman–Crippen LogP) is 3.09. The Hall–Kier alpha value is -2.23. The van der Waals surface area contributed by atoms with Crippen LogP contribution in [0.1, 0.15) is 61.3 Å². The van der Waals surface area contributed by atoms with Crippen molar-refractivity contribution in [2.45, 2.75) is 79.0 Å². The van der Waals surface area contributed by atoms with Gasteiger partial charge in [-0.15, -0.1) is 11.8 Å². The van der Waals surface area contributed by atoms with E-state index in [0.29, 0.717) is 6.42 Å². The van der Waals surface area contributed by atoms with Gasteiger partial charge < -0.3 is 25.2 Å². The Morgan fingerprint density at radius 2 is 1.75 bits per heavy atom. The predicted molar refractivity (Wildman–Crippen MR) is 122 cm³/mol. The average molecular weight is 473 g/mol. The molecule has 0 bridgehead atoms. The number of allylic oxidation sites excluding steroid dienone is 2. The number of aliphatic hydroxyl groups is 1. The number of carbonyl (C=O) groups excluding carboxylic acids is 4. The third kappa shape index (κ3) is 8.72. The molecule has 1 aliphatic carbocycles. The fourth-order valence-electron chi connectivity index (χ4n) is 3.11. The normalized spacial score (nSPS) is 18.1. The van der Waals surface area contributed by atoms with Crippen LogP contribution < -0.4 is 10.6 Å². The van der Waals surface area contributed by atoms with Crippen molar-refractivity contribution in [1.82, 2.24) is 10.6 Å². The first-order valence-corrected chi connectivity index (χ1v) is 11.5. The molecular weight excluding hydrogens is 436 g/mol. The van der Waals surface area contributed by atoms with Crippen LogP contribution in [0.2, 0.25) is 0 Å². The number of aliphatic hydroxyl groups excluding tert-OH is 1. The molecule has 0 aliphatic heterocycles. The summed E-state index contributed by atoms with van der Waals surface area (Å²) in [5, 5.41) is 15.4. The van der Waals surface area contributed by atoms with E-state index in [1.807, 2.05) is 13.8 Å². The number of ketones is 1. The number of Topliss-reactive ketones (excluding diaryl/α,β-unsaturated/α-hetero) is 1. The van der Waals surface area contributed by atoms with Crippen molar-refractivity contribution in [3.05, 3.63) is 10.7 Å². The minimum atomic E-state index is -1.12. The van der Waals surface area contributed by atoms with E-state index in [1.165, 1.54) is 7.11 Å². The summed E-state index contributed by atoms with van der Waals surface area (Å²) in [7, 11) is 1.22. The van der Waals surface area contributed by atoms with Crippen LogP contribution in [0.25, 0.3) is 0 Å². The van der Waals surface area contributed by atoms with E-state index in [4.69, 9.17) is 9.47 Å². The van der Waals surface area contributed by atoms with Gasteiger partial charge in [-0.25, -0.2) is 9.59 Å². The second kappa shape index (κ2) is 11.1. The number of nitrogens with one attached hydrogen (secondary N) is 2. The highest BCUT2D eigenvalue weighted by atomic mass is 32.2. The van der Waals surface area contributed by atoms with Crippen LogP contribution in [0.5, 0.6) is 0 Å². The van der Waals surface area contributed by atoms with Gasteiger partial charge in [0.1, 0.15) is 23.4 Å². The van der Waals surface area contributed by atoms with Crippen LogP contribution in [-0.2, 0) is 23.9 Å². The van der Waals surface area contributed by atoms with Crippen LogP contribution in [0.4, 0.5) is 4.79 Å². The number of methoxy groups -OCH3 is 1. The molecule has 0 radical (unpaired) electrons. The zero-order valence-corrected chi connectivity index (χ0v) is 21.0. The minimum absolute atomic E-state index is 0.0257. The molecule has 10 heteroatoms. The number of alkyl carbamates (subject to hydrolysis) is 1. The number of ether oxygens (including phenoxy) is 2. The molecule has 1 rings (SSSR count). The lowest BCUT2D eigenvalue weighted by atomic mass is 9.79. The maximum atomic E-state index is 13.0. The van der Waals surface area contributed by atoms with Crippen LogP contribution in [-0.4, -0.2) is 59.4 Å². The molecule has 0 aromatic carbocycles. The number of esters is 1. The number of rotatable bonds is 8. The molecule has 0 fully saturated rings. The standard InChI is InChI=1S/C22H36N2O7S/c1-12(2)16(19(28)30-8)24-18(27)13(23-20(29)31-21(3,4)5)11-32-17-14(25)9-22(6,7)10-15(17)26/h12-13,16,25H,9-11H2,1-8H3,(H,23,29)(H,24,27)/t13-,16-/m0/s1. The Balaban J connectivity index is 3.04. The van der Waals surface area contributed by atoms with Crippen LogP contribution in [0, 0.1) is 11.3 Å². The Kier molecular flexibility index (Phi) is 9.62. The molecule has 9 nitrogen and oxygen atoms in total. The van der Waals surface area contributed by atoms with Crippen LogP contribution >= 0.6 is 11.8 Å². The van der Waals surface area contributed by atoms with Crippen LogP contribution in [0.15, 0.2) is 10.7 Å². The number of hydrogen-bond donors (Lipinski definition) is 3. The molecule has 0 spiro atoms. The Labute approximate surface area is 194 Å². The van der Waals surface area contributed by atoms with E-state index in [-0.39, 0.29) is 40.0 Å². The van der Waals surface area contributed by atoms with Gasteiger partial charge in [0.2, 0.25) is 5.91 Å². The molecule has 0 unspecified atom stereocenters. The molecule has 182 valence electrons. The molecular formula is C22H36N2O7S. The average Bonchev–Trinajstić information content (AvgIpc) is 2.60. The molecule has 0 saturated carbocycles. The monoisotopic (exact) mass is 472 g/mol. The van der Waals surface area contributed by atoms with Gasteiger partial charge in [-0.1, -0.05) is 27.7 Å². The molecule has 0 heterocycles. The van der Waals surface area contributed by atoms with E-state index in [1.54, 1.807) is 34.6 Å². The smallest absolute Gasteiger partial charge is 0.408 e. The van der Waals surface area contributed by atoms with Crippen molar-refractivity contribution in [3.63, 3.8) is 0 Å². The van der Waals surface area contributed by atoms with Gasteiger partial charge >= 0.3 is 12.1 Å². The third-order valence-corrected chi connectivity index (χ3v) is 5.87. The van der Waals surface area contributed by atoms with Crippen molar-refractivity contribution in [3.8, 4) is 0 Å². The quantitative estimate of drug-likeness (QED) is 0.459. The third-order valence-electron chi connectivity index (χ3n) is 4.62. The summed E-state index contributed by atoms with van der Waals surface area (Å²) in [6.45, 7) is 12.3. The fraction of sp³-hybridized carbons (Fsp3) is 0.727. The first kappa shape index (κ1) is 27.8. The summed E-state index contributed by atoms with van der Waals surface area (Å²) in [5.41, 5.74) is -1.13. The summed E-state index contributed by atoms with van der Waals surface area (Å²) in [4.78, 5) is 50.0. The number of amides is 2.